The van der Waals surface area contributed by atoms with Crippen molar-refractivity contribution in [1.82, 2.24) is 19.7 Å². The number of carbonyl (C=O) groups excluding carboxylic acids is 1. The molecular weight excluding hydrogens is 302 g/mol. The molecule has 0 aliphatic carbocycles. The minimum Gasteiger partial charge on any atom is -0.345 e. The molecular formula is C18H27N5O. The second-order valence-corrected chi connectivity index (χ2v) is 7.05. The second-order valence-electron chi connectivity index (χ2n) is 7.05. The molecule has 0 saturated carbocycles. The van der Waals surface area contributed by atoms with Crippen LogP contribution >= 0.6 is 0 Å². The summed E-state index contributed by atoms with van der Waals surface area (Å²) in [5, 5.41) is 7.50. The smallest absolute Gasteiger partial charge is 0.226 e. The van der Waals surface area contributed by atoms with Crippen LogP contribution in [0.3, 0.4) is 0 Å². The number of fused-ring (bicyclic) bond motifs is 1. The fourth-order valence-corrected chi connectivity index (χ4v) is 3.12. The van der Waals surface area contributed by atoms with Crippen LogP contribution in [0.4, 0.5) is 5.82 Å². The molecule has 6 heteroatoms. The number of carbonyl (C=O) groups is 1. The summed E-state index contributed by atoms with van der Waals surface area (Å²) in [6.45, 7) is 7.39. The predicted octanol–water partition coefficient (Wildman–Crippen LogP) is 3.47. The van der Waals surface area contributed by atoms with E-state index in [9.17, 15) is 4.79 Å². The van der Waals surface area contributed by atoms with Crippen molar-refractivity contribution in [2.75, 3.05) is 5.32 Å². The maximum Gasteiger partial charge on any atom is 0.226 e. The summed E-state index contributed by atoms with van der Waals surface area (Å²) in [6, 6.07) is 0. The van der Waals surface area contributed by atoms with Crippen molar-refractivity contribution < 1.29 is 4.79 Å². The Kier molecular flexibility index (Phi) is 5.02. The quantitative estimate of drug-likeness (QED) is 0.816. The van der Waals surface area contributed by atoms with E-state index in [1.54, 1.807) is 0 Å². The molecule has 0 spiro atoms. The number of H-pyrrole nitrogens is 1. The molecule has 0 fully saturated rings. The molecule has 3 rings (SSSR count). The average Bonchev–Trinajstić information content (AvgIpc) is 3.17. The molecule has 1 atom stereocenters. The largest absolute Gasteiger partial charge is 0.345 e. The molecule has 3 heterocycles. The second kappa shape index (κ2) is 7.20. The first-order valence-corrected chi connectivity index (χ1v) is 8.97. The lowest BCUT2D eigenvalue weighted by Crippen LogP contribution is -2.25. The zero-order valence-electron chi connectivity index (χ0n) is 14.8. The first-order chi connectivity index (χ1) is 11.6. The first kappa shape index (κ1) is 16.7. The number of anilines is 1. The van der Waals surface area contributed by atoms with Gasteiger partial charge in [0, 0.05) is 42.8 Å². The minimum absolute atomic E-state index is 0.0180. The van der Waals surface area contributed by atoms with Crippen LogP contribution in [0.25, 0.3) is 0 Å². The molecule has 0 aromatic carbocycles. The number of unbranched alkanes of at least 4 members (excludes halogenated alkanes) is 1. The summed E-state index contributed by atoms with van der Waals surface area (Å²) in [6.07, 6.45) is 8.48. The van der Waals surface area contributed by atoms with Crippen LogP contribution in [0.2, 0.25) is 0 Å². The molecule has 2 aromatic heterocycles. The van der Waals surface area contributed by atoms with E-state index in [0.29, 0.717) is 12.3 Å². The van der Waals surface area contributed by atoms with E-state index < -0.39 is 0 Å². The van der Waals surface area contributed by atoms with Gasteiger partial charge in [-0.2, -0.15) is 5.10 Å². The maximum atomic E-state index is 12.2. The van der Waals surface area contributed by atoms with Crippen LogP contribution in [-0.4, -0.2) is 25.7 Å². The van der Waals surface area contributed by atoms with Gasteiger partial charge < -0.3 is 10.3 Å². The topological polar surface area (TPSA) is 75.6 Å². The number of nitrogens with zero attached hydrogens (tertiary/aromatic N) is 3. The molecule has 2 N–H and O–H groups in total. The highest BCUT2D eigenvalue weighted by Crippen LogP contribution is 2.36. The van der Waals surface area contributed by atoms with Crippen LogP contribution in [-0.2, 0) is 17.8 Å². The predicted molar refractivity (Wildman–Crippen MR) is 94.0 cm³/mol. The van der Waals surface area contributed by atoms with Gasteiger partial charge in [-0.1, -0.05) is 27.2 Å². The van der Waals surface area contributed by atoms with Gasteiger partial charge in [0.2, 0.25) is 5.91 Å². The van der Waals surface area contributed by atoms with Gasteiger partial charge in [-0.15, -0.1) is 0 Å². The Morgan fingerprint density at radius 3 is 2.96 bits per heavy atom. The zero-order chi connectivity index (χ0) is 17.1. The van der Waals surface area contributed by atoms with E-state index in [0.717, 1.165) is 55.1 Å². The Hall–Kier alpha value is -2.11. The van der Waals surface area contributed by atoms with Gasteiger partial charge in [0.25, 0.3) is 0 Å². The van der Waals surface area contributed by atoms with E-state index in [4.69, 9.17) is 0 Å². The van der Waals surface area contributed by atoms with Crippen LogP contribution in [0.1, 0.15) is 69.5 Å². The molecule has 24 heavy (non-hydrogen) atoms. The average molecular weight is 329 g/mol. The molecule has 0 saturated heterocycles. The van der Waals surface area contributed by atoms with Gasteiger partial charge in [0.05, 0.1) is 6.20 Å². The number of amides is 1. The molecule has 0 radical (unpaired) electrons. The SMILES string of the molecule is CCCCc1ncc([C@H]2CC(=O)Nc3c2cnn3CCC(C)C)[nH]1. The molecule has 2 aromatic rings. The number of nitrogens with one attached hydrogen (secondary N) is 2. The molecule has 1 aliphatic rings. The van der Waals surface area contributed by atoms with E-state index in [1.807, 2.05) is 17.1 Å². The molecule has 1 amide bonds. The molecule has 0 bridgehead atoms. The third-order valence-corrected chi connectivity index (χ3v) is 4.60. The fourth-order valence-electron chi connectivity index (χ4n) is 3.12. The summed E-state index contributed by atoms with van der Waals surface area (Å²) < 4.78 is 1.92. The summed E-state index contributed by atoms with van der Waals surface area (Å²) in [4.78, 5) is 20.1. The number of aryl methyl sites for hydroxylation is 2. The van der Waals surface area contributed by atoms with Crippen molar-refractivity contribution in [2.45, 2.75) is 65.3 Å². The number of hydrogen-bond donors (Lipinski definition) is 2. The normalized spacial score (nSPS) is 17.2. The Labute approximate surface area is 143 Å². The van der Waals surface area contributed by atoms with Gasteiger partial charge in [0.1, 0.15) is 11.6 Å². The van der Waals surface area contributed by atoms with Crippen molar-refractivity contribution >= 4 is 11.7 Å². The van der Waals surface area contributed by atoms with Crippen LogP contribution in [0.5, 0.6) is 0 Å². The lowest BCUT2D eigenvalue weighted by atomic mass is 9.91. The van der Waals surface area contributed by atoms with E-state index in [-0.39, 0.29) is 11.8 Å². The summed E-state index contributed by atoms with van der Waals surface area (Å²) in [5.41, 5.74) is 2.10. The summed E-state index contributed by atoms with van der Waals surface area (Å²) >= 11 is 0. The Bertz CT molecular complexity index is 700. The molecule has 6 nitrogen and oxygen atoms in total. The van der Waals surface area contributed by atoms with Crippen molar-refractivity contribution in [1.29, 1.82) is 0 Å². The number of aromatic nitrogens is 4. The summed E-state index contributed by atoms with van der Waals surface area (Å²) in [7, 11) is 0. The summed E-state index contributed by atoms with van der Waals surface area (Å²) in [5.74, 6) is 2.52. The van der Waals surface area contributed by atoms with Gasteiger partial charge in [-0.25, -0.2) is 9.67 Å². The van der Waals surface area contributed by atoms with Crippen molar-refractivity contribution in [2.24, 2.45) is 5.92 Å². The number of aromatic amines is 1. The number of rotatable bonds is 7. The standard InChI is InChI=1S/C18H27N5O/c1-4-5-6-16-19-11-15(21-16)13-9-17(24)22-18-14(13)10-20-23(18)8-7-12(2)3/h10-13H,4-9H2,1-3H3,(H,19,21)(H,22,24)/t13-/m0/s1. The van der Waals surface area contributed by atoms with E-state index >= 15 is 0 Å². The van der Waals surface area contributed by atoms with Crippen molar-refractivity contribution in [3.05, 3.63) is 29.5 Å². The van der Waals surface area contributed by atoms with Gasteiger partial charge in [0.15, 0.2) is 0 Å². The van der Waals surface area contributed by atoms with Gasteiger partial charge >= 0.3 is 0 Å². The van der Waals surface area contributed by atoms with Crippen LogP contribution in [0.15, 0.2) is 12.4 Å². The van der Waals surface area contributed by atoms with Gasteiger partial charge in [-0.3, -0.25) is 4.79 Å². The minimum atomic E-state index is 0.0180. The monoisotopic (exact) mass is 329 g/mol. The van der Waals surface area contributed by atoms with E-state index in [1.165, 1.54) is 0 Å². The highest BCUT2D eigenvalue weighted by molar-refractivity contribution is 5.94. The third kappa shape index (κ3) is 3.52. The van der Waals surface area contributed by atoms with Crippen LogP contribution < -0.4 is 5.32 Å². The van der Waals surface area contributed by atoms with Gasteiger partial charge in [-0.05, 0) is 18.8 Å². The zero-order valence-corrected chi connectivity index (χ0v) is 14.8. The van der Waals surface area contributed by atoms with Crippen LogP contribution in [0, 0.1) is 5.92 Å². The lowest BCUT2D eigenvalue weighted by Gasteiger charge is -2.22. The highest BCUT2D eigenvalue weighted by Gasteiger charge is 2.31. The molecule has 1 aliphatic heterocycles. The highest BCUT2D eigenvalue weighted by atomic mass is 16.1. The molecule has 0 unspecified atom stereocenters. The van der Waals surface area contributed by atoms with Crippen molar-refractivity contribution in [3.8, 4) is 0 Å². The number of imidazole rings is 1. The van der Waals surface area contributed by atoms with Crippen molar-refractivity contribution in [3.63, 3.8) is 0 Å². The Morgan fingerprint density at radius 2 is 2.21 bits per heavy atom. The first-order valence-electron chi connectivity index (χ1n) is 8.97. The maximum absolute atomic E-state index is 12.2. The number of hydrogen-bond acceptors (Lipinski definition) is 3. The Balaban J connectivity index is 1.83. The fraction of sp³-hybridized carbons (Fsp3) is 0.611. The Morgan fingerprint density at radius 1 is 1.38 bits per heavy atom. The molecule has 130 valence electrons. The lowest BCUT2D eigenvalue weighted by molar-refractivity contribution is -0.116. The third-order valence-electron chi connectivity index (χ3n) is 4.60. The van der Waals surface area contributed by atoms with E-state index in [2.05, 4.69) is 41.2 Å².